The summed E-state index contributed by atoms with van der Waals surface area (Å²) < 4.78 is 6.69. The van der Waals surface area contributed by atoms with Gasteiger partial charge in [-0.3, -0.25) is 0 Å². The van der Waals surface area contributed by atoms with Crippen LogP contribution >= 0.6 is 0 Å². The number of phenolic OH excluding ortho intramolecular Hbond substituents is 1. The lowest BCUT2D eigenvalue weighted by Gasteiger charge is -2.44. The second kappa shape index (κ2) is 8.74. The zero-order valence-electron chi connectivity index (χ0n) is 19.7. The van der Waals surface area contributed by atoms with Gasteiger partial charge in [-0.25, -0.2) is 0 Å². The van der Waals surface area contributed by atoms with Crippen LogP contribution in [0, 0.1) is 11.3 Å². The lowest BCUT2D eigenvalue weighted by molar-refractivity contribution is 0.0113. The summed E-state index contributed by atoms with van der Waals surface area (Å²) in [6, 6.07) is 4.23. The largest absolute Gasteiger partial charge is 0.507 e. The molecule has 2 nitrogen and oxygen atoms in total. The number of allylic oxidation sites excluding steroid dienone is 1. The van der Waals surface area contributed by atoms with Crippen molar-refractivity contribution >= 4 is 5.57 Å². The van der Waals surface area contributed by atoms with Crippen LogP contribution in [-0.2, 0) is 6.42 Å². The first-order valence-electron chi connectivity index (χ1n) is 12.0. The molecule has 2 heteroatoms. The molecule has 29 heavy (non-hydrogen) atoms. The van der Waals surface area contributed by atoms with Gasteiger partial charge >= 0.3 is 0 Å². The summed E-state index contributed by atoms with van der Waals surface area (Å²) in [6.45, 7) is 13.6. The maximum atomic E-state index is 11.1. The molecule has 1 atom stereocenters. The van der Waals surface area contributed by atoms with E-state index in [-0.39, 0.29) is 11.0 Å². The zero-order valence-corrected chi connectivity index (χ0v) is 19.7. The van der Waals surface area contributed by atoms with Crippen LogP contribution in [0.5, 0.6) is 11.5 Å². The molecule has 1 aliphatic carbocycles. The van der Waals surface area contributed by atoms with Crippen molar-refractivity contribution < 1.29 is 9.84 Å². The fraction of sp³-hybridized carbons (Fsp3) is 0.704. The van der Waals surface area contributed by atoms with Gasteiger partial charge < -0.3 is 9.84 Å². The van der Waals surface area contributed by atoms with E-state index in [0.717, 1.165) is 30.6 Å². The number of benzene rings is 1. The van der Waals surface area contributed by atoms with Crippen LogP contribution in [0.1, 0.15) is 110 Å². The van der Waals surface area contributed by atoms with E-state index >= 15 is 0 Å². The summed E-state index contributed by atoms with van der Waals surface area (Å²) >= 11 is 0. The molecule has 0 spiro atoms. The molecular weight excluding hydrogens is 356 g/mol. The molecule has 1 heterocycles. The van der Waals surface area contributed by atoms with E-state index in [9.17, 15) is 5.11 Å². The molecule has 3 rings (SSSR count). The molecular formula is C27H42O2. The number of aryl methyl sites for hydroxylation is 1. The first kappa shape index (κ1) is 22.2. The molecule has 0 fully saturated rings. The number of rotatable bonds is 7. The Labute approximate surface area is 178 Å². The average molecular weight is 399 g/mol. The molecule has 1 aromatic rings. The third kappa shape index (κ3) is 4.37. The Kier molecular flexibility index (Phi) is 6.70. The summed E-state index contributed by atoms with van der Waals surface area (Å²) in [5.41, 5.74) is 4.66. The zero-order chi connectivity index (χ0) is 21.2. The Hall–Kier alpha value is -1.44. The molecule has 1 aliphatic heterocycles. The maximum Gasteiger partial charge on any atom is 0.131 e. The molecule has 0 saturated carbocycles. The molecule has 0 amide bonds. The Morgan fingerprint density at radius 2 is 1.76 bits per heavy atom. The normalized spacial score (nSPS) is 22.5. The smallest absolute Gasteiger partial charge is 0.131 e. The Balaban J connectivity index is 1.99. The summed E-state index contributed by atoms with van der Waals surface area (Å²) in [7, 11) is 0. The van der Waals surface area contributed by atoms with E-state index in [1.807, 2.05) is 6.07 Å². The number of unbranched alkanes of at least 4 members (excludes halogenated alkanes) is 4. The topological polar surface area (TPSA) is 29.5 Å². The highest BCUT2D eigenvalue weighted by Crippen LogP contribution is 2.56. The van der Waals surface area contributed by atoms with Gasteiger partial charge in [-0.05, 0) is 75.1 Å². The molecule has 0 saturated heterocycles. The van der Waals surface area contributed by atoms with Gasteiger partial charge in [0.2, 0.25) is 0 Å². The predicted octanol–water partition coefficient (Wildman–Crippen LogP) is 8.07. The van der Waals surface area contributed by atoms with Crippen molar-refractivity contribution in [2.24, 2.45) is 11.3 Å². The number of phenols is 1. The van der Waals surface area contributed by atoms with Crippen molar-refractivity contribution in [1.29, 1.82) is 0 Å². The van der Waals surface area contributed by atoms with Crippen LogP contribution in [0.15, 0.2) is 17.7 Å². The second-order valence-electron chi connectivity index (χ2n) is 10.4. The van der Waals surface area contributed by atoms with Gasteiger partial charge in [-0.15, -0.1) is 0 Å². The van der Waals surface area contributed by atoms with Crippen molar-refractivity contribution in [2.75, 3.05) is 0 Å². The minimum atomic E-state index is -0.315. The highest BCUT2D eigenvalue weighted by atomic mass is 16.5. The monoisotopic (exact) mass is 398 g/mol. The molecule has 0 bridgehead atoms. The number of hydrogen-bond acceptors (Lipinski definition) is 2. The number of hydrogen-bond donors (Lipinski definition) is 1. The van der Waals surface area contributed by atoms with E-state index in [1.54, 1.807) is 0 Å². The fourth-order valence-electron chi connectivity index (χ4n) is 5.19. The Bertz CT molecular complexity index is 754. The highest BCUT2D eigenvalue weighted by Gasteiger charge is 2.47. The van der Waals surface area contributed by atoms with Gasteiger partial charge in [0.15, 0.2) is 0 Å². The quantitative estimate of drug-likeness (QED) is 0.470. The minimum absolute atomic E-state index is 0.0627. The highest BCUT2D eigenvalue weighted by molar-refractivity contribution is 5.80. The van der Waals surface area contributed by atoms with Crippen LogP contribution in [-0.4, -0.2) is 10.7 Å². The van der Waals surface area contributed by atoms with Gasteiger partial charge in [-0.1, -0.05) is 65.4 Å². The maximum absolute atomic E-state index is 11.1. The molecule has 0 radical (unpaired) electrons. The summed E-state index contributed by atoms with van der Waals surface area (Å²) in [5.74, 6) is 2.02. The standard InChI is InChI=1S/C27H42O2/c1-7-9-10-11-12-13-20-17-23(28)25-21-16-19(8-2)14-15-22(21)26(3,4)27(5,6)29-24(25)18-20/h17-19,28H,7-16H2,1-6H3. The van der Waals surface area contributed by atoms with E-state index in [4.69, 9.17) is 4.74 Å². The van der Waals surface area contributed by atoms with E-state index in [1.165, 1.54) is 61.7 Å². The minimum Gasteiger partial charge on any atom is -0.507 e. The Morgan fingerprint density at radius 3 is 2.45 bits per heavy atom. The van der Waals surface area contributed by atoms with Gasteiger partial charge in [0.25, 0.3) is 0 Å². The lowest BCUT2D eigenvalue weighted by Crippen LogP contribution is -2.45. The van der Waals surface area contributed by atoms with Gasteiger partial charge in [0, 0.05) is 5.41 Å². The van der Waals surface area contributed by atoms with Crippen LogP contribution in [0.25, 0.3) is 5.57 Å². The SMILES string of the molecule is CCCCCCCc1cc(O)c2c(c1)OC(C)(C)C(C)(C)C1=C2CC(CC)CC1. The number of fused-ring (bicyclic) bond motifs is 2. The summed E-state index contributed by atoms with van der Waals surface area (Å²) in [4.78, 5) is 0. The van der Waals surface area contributed by atoms with Gasteiger partial charge in [-0.2, -0.15) is 0 Å². The molecule has 2 aliphatic rings. The molecule has 1 N–H and O–H groups in total. The third-order valence-electron chi connectivity index (χ3n) is 7.87. The Morgan fingerprint density at radius 1 is 1.03 bits per heavy atom. The lowest BCUT2D eigenvalue weighted by atomic mass is 9.65. The van der Waals surface area contributed by atoms with Crippen molar-refractivity contribution in [3.05, 3.63) is 28.8 Å². The predicted molar refractivity (Wildman–Crippen MR) is 124 cm³/mol. The van der Waals surface area contributed by atoms with Crippen molar-refractivity contribution in [3.63, 3.8) is 0 Å². The van der Waals surface area contributed by atoms with E-state index in [2.05, 4.69) is 47.6 Å². The van der Waals surface area contributed by atoms with Gasteiger partial charge in [0.05, 0.1) is 5.56 Å². The first-order chi connectivity index (χ1) is 13.7. The summed E-state index contributed by atoms with van der Waals surface area (Å²) in [6.07, 6.45) is 12.0. The van der Waals surface area contributed by atoms with Crippen molar-refractivity contribution in [1.82, 2.24) is 0 Å². The van der Waals surface area contributed by atoms with Crippen LogP contribution in [0.2, 0.25) is 0 Å². The van der Waals surface area contributed by atoms with Crippen LogP contribution in [0.3, 0.4) is 0 Å². The molecule has 1 unspecified atom stereocenters. The van der Waals surface area contributed by atoms with Crippen molar-refractivity contribution in [2.45, 2.75) is 111 Å². The molecule has 0 aromatic heterocycles. The van der Waals surface area contributed by atoms with Gasteiger partial charge in [0.1, 0.15) is 17.1 Å². The molecule has 1 aromatic carbocycles. The van der Waals surface area contributed by atoms with Crippen molar-refractivity contribution in [3.8, 4) is 11.5 Å². The van der Waals surface area contributed by atoms with Crippen LogP contribution in [0.4, 0.5) is 0 Å². The van der Waals surface area contributed by atoms with E-state index < -0.39 is 0 Å². The second-order valence-corrected chi connectivity index (χ2v) is 10.4. The number of aromatic hydroxyl groups is 1. The molecule has 162 valence electrons. The average Bonchev–Trinajstić information content (AvgIpc) is 2.72. The van der Waals surface area contributed by atoms with E-state index in [0.29, 0.717) is 11.7 Å². The third-order valence-corrected chi connectivity index (χ3v) is 7.87. The summed E-state index contributed by atoms with van der Waals surface area (Å²) in [5, 5.41) is 11.1. The number of ether oxygens (including phenoxy) is 1. The first-order valence-corrected chi connectivity index (χ1v) is 12.0. The fourth-order valence-corrected chi connectivity index (χ4v) is 5.19. The van der Waals surface area contributed by atoms with Crippen LogP contribution < -0.4 is 4.74 Å².